The first kappa shape index (κ1) is 18.4. The van der Waals surface area contributed by atoms with Gasteiger partial charge in [0.1, 0.15) is 6.10 Å². The van der Waals surface area contributed by atoms with Crippen LogP contribution in [0.4, 0.5) is 0 Å². The molecule has 26 heavy (non-hydrogen) atoms. The number of aromatic nitrogens is 1. The number of ether oxygens (including phenoxy) is 1. The van der Waals surface area contributed by atoms with Gasteiger partial charge in [-0.1, -0.05) is 29.8 Å². The number of pyridine rings is 1. The molecule has 1 N–H and O–H groups in total. The highest BCUT2D eigenvalue weighted by molar-refractivity contribution is 5.80. The molecule has 1 aromatic carbocycles. The van der Waals surface area contributed by atoms with Gasteiger partial charge in [-0.2, -0.15) is 0 Å². The topological polar surface area (TPSA) is 49.8 Å². The average Bonchev–Trinajstić information content (AvgIpc) is 2.62. The Balaban J connectivity index is 1.67. The Kier molecular flexibility index (Phi) is 5.89. The number of guanidine groups is 1. The van der Waals surface area contributed by atoms with Crippen LogP contribution in [0.3, 0.4) is 0 Å². The molecule has 1 aliphatic heterocycles. The molecular weight excluding hydrogens is 324 g/mol. The van der Waals surface area contributed by atoms with E-state index in [0.717, 1.165) is 30.4 Å². The lowest BCUT2D eigenvalue weighted by atomic mass is 10.00. The molecule has 5 heteroatoms. The Morgan fingerprint density at radius 3 is 2.85 bits per heavy atom. The van der Waals surface area contributed by atoms with E-state index in [0.29, 0.717) is 13.2 Å². The fraction of sp³-hybridized carbons (Fsp3) is 0.429. The lowest BCUT2D eigenvalue weighted by Crippen LogP contribution is -2.48. The average molecular weight is 352 g/mol. The Morgan fingerprint density at radius 2 is 2.12 bits per heavy atom. The van der Waals surface area contributed by atoms with Crippen LogP contribution in [0.1, 0.15) is 34.2 Å². The summed E-state index contributed by atoms with van der Waals surface area (Å²) in [5.74, 6) is 0.895. The van der Waals surface area contributed by atoms with E-state index in [9.17, 15) is 0 Å². The predicted molar refractivity (Wildman–Crippen MR) is 105 cm³/mol. The summed E-state index contributed by atoms with van der Waals surface area (Å²) in [6.45, 7) is 9.28. The summed E-state index contributed by atoms with van der Waals surface area (Å²) in [7, 11) is 1.83. The standard InChI is InChI=1S/C21H28N4O/c1-15-8-9-19(16(2)12-15)20-14-25(10-11-26-20)21(22-4)23-13-18-7-5-6-17(3)24-18/h5-9,12,20H,10-11,13-14H2,1-4H3,(H,22,23). The van der Waals surface area contributed by atoms with Crippen LogP contribution in [0.2, 0.25) is 0 Å². The second-order valence-electron chi connectivity index (χ2n) is 6.84. The zero-order chi connectivity index (χ0) is 18.5. The van der Waals surface area contributed by atoms with E-state index in [1.807, 2.05) is 32.2 Å². The quantitative estimate of drug-likeness (QED) is 0.681. The van der Waals surface area contributed by atoms with Crippen molar-refractivity contribution < 1.29 is 4.74 Å². The van der Waals surface area contributed by atoms with Crippen LogP contribution < -0.4 is 5.32 Å². The minimum Gasteiger partial charge on any atom is -0.370 e. The minimum absolute atomic E-state index is 0.0694. The van der Waals surface area contributed by atoms with Crippen molar-refractivity contribution in [2.24, 2.45) is 4.99 Å². The Bertz CT molecular complexity index is 787. The fourth-order valence-electron chi connectivity index (χ4n) is 3.42. The zero-order valence-electron chi connectivity index (χ0n) is 16.1. The SMILES string of the molecule is CN=C(NCc1cccc(C)n1)N1CCOC(c2ccc(C)cc2C)C1. The number of hydrogen-bond acceptors (Lipinski definition) is 3. The maximum atomic E-state index is 6.05. The summed E-state index contributed by atoms with van der Waals surface area (Å²) < 4.78 is 6.05. The van der Waals surface area contributed by atoms with Crippen molar-refractivity contribution in [2.45, 2.75) is 33.4 Å². The molecule has 1 aromatic heterocycles. The Morgan fingerprint density at radius 1 is 1.27 bits per heavy atom. The smallest absolute Gasteiger partial charge is 0.194 e. The molecule has 0 saturated carbocycles. The van der Waals surface area contributed by atoms with Crippen LogP contribution in [-0.2, 0) is 11.3 Å². The van der Waals surface area contributed by atoms with E-state index >= 15 is 0 Å². The Labute approximate surface area is 156 Å². The van der Waals surface area contributed by atoms with Crippen molar-refractivity contribution in [3.63, 3.8) is 0 Å². The van der Waals surface area contributed by atoms with Gasteiger partial charge >= 0.3 is 0 Å². The first-order valence-corrected chi connectivity index (χ1v) is 9.13. The summed E-state index contributed by atoms with van der Waals surface area (Å²) in [5, 5.41) is 3.44. The fourth-order valence-corrected chi connectivity index (χ4v) is 3.42. The van der Waals surface area contributed by atoms with Gasteiger partial charge in [-0.3, -0.25) is 9.98 Å². The summed E-state index contributed by atoms with van der Waals surface area (Å²) >= 11 is 0. The minimum atomic E-state index is 0.0694. The normalized spacial score (nSPS) is 18.1. The summed E-state index contributed by atoms with van der Waals surface area (Å²) in [6, 6.07) is 12.6. The van der Waals surface area contributed by atoms with Gasteiger partial charge in [0.05, 0.1) is 25.4 Å². The number of aryl methyl sites for hydroxylation is 3. The van der Waals surface area contributed by atoms with Crippen molar-refractivity contribution in [1.29, 1.82) is 0 Å². The molecule has 1 saturated heterocycles. The lowest BCUT2D eigenvalue weighted by molar-refractivity contribution is -0.00834. The monoisotopic (exact) mass is 352 g/mol. The van der Waals surface area contributed by atoms with Crippen LogP contribution in [0.25, 0.3) is 0 Å². The molecule has 138 valence electrons. The molecule has 0 amide bonds. The molecule has 3 rings (SSSR count). The van der Waals surface area contributed by atoms with E-state index < -0.39 is 0 Å². The number of morpholine rings is 1. The van der Waals surface area contributed by atoms with Crippen molar-refractivity contribution in [3.8, 4) is 0 Å². The summed E-state index contributed by atoms with van der Waals surface area (Å²) in [4.78, 5) is 11.3. The summed E-state index contributed by atoms with van der Waals surface area (Å²) in [5.41, 5.74) is 5.87. The highest BCUT2D eigenvalue weighted by Gasteiger charge is 2.25. The molecule has 1 unspecified atom stereocenters. The van der Waals surface area contributed by atoms with Crippen LogP contribution in [0.15, 0.2) is 41.4 Å². The molecule has 1 aliphatic rings. The molecule has 1 fully saturated rings. The van der Waals surface area contributed by atoms with Gasteiger partial charge < -0.3 is 15.0 Å². The molecule has 0 bridgehead atoms. The van der Waals surface area contributed by atoms with E-state index in [1.165, 1.54) is 16.7 Å². The number of rotatable bonds is 3. The molecule has 5 nitrogen and oxygen atoms in total. The molecule has 0 radical (unpaired) electrons. The first-order valence-electron chi connectivity index (χ1n) is 9.13. The largest absolute Gasteiger partial charge is 0.370 e. The third-order valence-corrected chi connectivity index (χ3v) is 4.72. The van der Waals surface area contributed by atoms with Crippen molar-refractivity contribution >= 4 is 5.96 Å². The van der Waals surface area contributed by atoms with E-state index in [4.69, 9.17) is 4.74 Å². The first-order chi connectivity index (χ1) is 12.6. The van der Waals surface area contributed by atoms with E-state index in [2.05, 4.69) is 52.2 Å². The maximum absolute atomic E-state index is 6.05. The van der Waals surface area contributed by atoms with Gasteiger partial charge in [0.15, 0.2) is 5.96 Å². The van der Waals surface area contributed by atoms with Gasteiger partial charge in [0.25, 0.3) is 0 Å². The number of hydrogen-bond donors (Lipinski definition) is 1. The van der Waals surface area contributed by atoms with E-state index in [-0.39, 0.29) is 6.10 Å². The Hall–Kier alpha value is -2.40. The van der Waals surface area contributed by atoms with Crippen molar-refractivity contribution in [3.05, 3.63) is 64.5 Å². The van der Waals surface area contributed by atoms with Crippen molar-refractivity contribution in [2.75, 3.05) is 26.7 Å². The van der Waals surface area contributed by atoms with Crippen molar-refractivity contribution in [1.82, 2.24) is 15.2 Å². The molecule has 0 spiro atoms. The number of benzene rings is 1. The van der Waals surface area contributed by atoms with Gasteiger partial charge in [0.2, 0.25) is 0 Å². The summed E-state index contributed by atoms with van der Waals surface area (Å²) in [6.07, 6.45) is 0.0694. The molecule has 2 aromatic rings. The van der Waals surface area contributed by atoms with Gasteiger partial charge in [-0.05, 0) is 44.0 Å². The highest BCUT2D eigenvalue weighted by atomic mass is 16.5. The van der Waals surface area contributed by atoms with Crippen LogP contribution in [-0.4, -0.2) is 42.6 Å². The molecule has 0 aliphatic carbocycles. The van der Waals surface area contributed by atoms with Gasteiger partial charge in [-0.25, -0.2) is 0 Å². The second-order valence-corrected chi connectivity index (χ2v) is 6.84. The third-order valence-electron chi connectivity index (χ3n) is 4.72. The lowest BCUT2D eigenvalue weighted by Gasteiger charge is -2.35. The number of nitrogens with zero attached hydrogens (tertiary/aromatic N) is 3. The van der Waals surface area contributed by atoms with Crippen LogP contribution in [0, 0.1) is 20.8 Å². The third kappa shape index (κ3) is 4.41. The van der Waals surface area contributed by atoms with Gasteiger partial charge in [-0.15, -0.1) is 0 Å². The highest BCUT2D eigenvalue weighted by Crippen LogP contribution is 2.25. The van der Waals surface area contributed by atoms with Crippen LogP contribution >= 0.6 is 0 Å². The molecule has 1 atom stereocenters. The number of nitrogens with one attached hydrogen (secondary N) is 1. The number of aliphatic imine (C=N–C) groups is 1. The maximum Gasteiger partial charge on any atom is 0.194 e. The zero-order valence-corrected chi connectivity index (χ0v) is 16.1. The van der Waals surface area contributed by atoms with Crippen LogP contribution in [0.5, 0.6) is 0 Å². The molecule has 2 heterocycles. The predicted octanol–water partition coefficient (Wildman–Crippen LogP) is 3.16. The molecular formula is C21H28N4O. The van der Waals surface area contributed by atoms with E-state index in [1.54, 1.807) is 0 Å². The second kappa shape index (κ2) is 8.32. The van der Waals surface area contributed by atoms with Gasteiger partial charge in [0, 0.05) is 19.3 Å².